The van der Waals surface area contributed by atoms with Gasteiger partial charge in [0, 0.05) is 6.54 Å². The lowest BCUT2D eigenvalue weighted by Crippen LogP contribution is -2.31. The van der Waals surface area contributed by atoms with Crippen LogP contribution in [0.3, 0.4) is 0 Å². The van der Waals surface area contributed by atoms with Crippen LogP contribution in [0.4, 0.5) is 0 Å². The van der Waals surface area contributed by atoms with Crippen LogP contribution in [0.25, 0.3) is 0 Å². The molecule has 0 aliphatic rings. The van der Waals surface area contributed by atoms with Crippen LogP contribution >= 0.6 is 0 Å². The number of amides is 1. The van der Waals surface area contributed by atoms with Crippen LogP contribution in [0.2, 0.25) is 0 Å². The number of rotatable bonds is 5. The van der Waals surface area contributed by atoms with Gasteiger partial charge in [-0.05, 0) is 25.5 Å². The van der Waals surface area contributed by atoms with Gasteiger partial charge in [-0.15, -0.1) is 0 Å². The molecule has 0 radical (unpaired) electrons. The maximum atomic E-state index is 11.9. The lowest BCUT2D eigenvalue weighted by molar-refractivity contribution is 0.0911. The van der Waals surface area contributed by atoms with E-state index in [1.165, 1.54) is 7.11 Å². The molecule has 1 atom stereocenters. The van der Waals surface area contributed by atoms with E-state index in [0.29, 0.717) is 17.7 Å². The Kier molecular flexibility index (Phi) is 4.97. The predicted octanol–water partition coefficient (Wildman–Crippen LogP) is 1.50. The fourth-order valence-electron chi connectivity index (χ4n) is 1.45. The fourth-order valence-corrected chi connectivity index (χ4v) is 1.45. The monoisotopic (exact) mass is 237 g/mol. The molecule has 0 saturated heterocycles. The van der Waals surface area contributed by atoms with Gasteiger partial charge in [0.15, 0.2) is 0 Å². The first-order chi connectivity index (χ1) is 8.08. The molecule has 4 nitrogen and oxygen atoms in total. The summed E-state index contributed by atoms with van der Waals surface area (Å²) >= 11 is 0. The van der Waals surface area contributed by atoms with Crippen LogP contribution in [0.1, 0.15) is 29.3 Å². The van der Waals surface area contributed by atoms with Crippen molar-refractivity contribution in [2.45, 2.75) is 26.4 Å². The number of nitrogens with one attached hydrogen (secondary N) is 1. The third-order valence-electron chi connectivity index (χ3n) is 2.57. The molecule has 94 valence electrons. The third-order valence-corrected chi connectivity index (χ3v) is 2.57. The molecule has 0 fully saturated rings. The van der Waals surface area contributed by atoms with Gasteiger partial charge in [-0.1, -0.05) is 18.6 Å². The minimum Gasteiger partial charge on any atom is -0.496 e. The maximum Gasteiger partial charge on any atom is 0.255 e. The molecule has 1 aromatic carbocycles. The van der Waals surface area contributed by atoms with Crippen LogP contribution in [0.15, 0.2) is 18.2 Å². The molecule has 0 aliphatic carbocycles. The second-order valence-corrected chi connectivity index (χ2v) is 3.98. The normalized spacial score (nSPS) is 12.0. The molecular formula is C13H19NO3. The number of hydrogen-bond donors (Lipinski definition) is 2. The van der Waals surface area contributed by atoms with Gasteiger partial charge in [0.25, 0.3) is 5.91 Å². The first-order valence-electron chi connectivity index (χ1n) is 5.69. The number of carbonyl (C=O) groups is 1. The summed E-state index contributed by atoms with van der Waals surface area (Å²) < 4.78 is 5.13. The van der Waals surface area contributed by atoms with Crippen molar-refractivity contribution in [3.63, 3.8) is 0 Å². The summed E-state index contributed by atoms with van der Waals surface area (Å²) in [5.74, 6) is 0.317. The zero-order chi connectivity index (χ0) is 12.8. The van der Waals surface area contributed by atoms with Gasteiger partial charge in [-0.3, -0.25) is 4.79 Å². The van der Waals surface area contributed by atoms with Crippen LogP contribution in [0, 0.1) is 6.92 Å². The Balaban J connectivity index is 2.77. The van der Waals surface area contributed by atoms with Crippen molar-refractivity contribution >= 4 is 5.91 Å². The number of hydrogen-bond acceptors (Lipinski definition) is 3. The molecule has 1 aromatic rings. The Morgan fingerprint density at radius 3 is 2.82 bits per heavy atom. The van der Waals surface area contributed by atoms with E-state index in [2.05, 4.69) is 5.32 Å². The molecule has 4 heteroatoms. The average Bonchev–Trinajstić information content (AvgIpc) is 2.35. The average molecular weight is 237 g/mol. The minimum absolute atomic E-state index is 0.224. The van der Waals surface area contributed by atoms with E-state index in [-0.39, 0.29) is 12.5 Å². The Labute approximate surface area is 102 Å². The van der Waals surface area contributed by atoms with E-state index >= 15 is 0 Å². The molecule has 0 heterocycles. The number of benzene rings is 1. The quantitative estimate of drug-likeness (QED) is 0.816. The van der Waals surface area contributed by atoms with Gasteiger partial charge in [0.1, 0.15) is 5.75 Å². The van der Waals surface area contributed by atoms with Crippen molar-refractivity contribution in [2.24, 2.45) is 0 Å². The molecule has 2 N–H and O–H groups in total. The van der Waals surface area contributed by atoms with Crippen molar-refractivity contribution in [3.05, 3.63) is 29.3 Å². The molecule has 17 heavy (non-hydrogen) atoms. The SMILES string of the molecule is CCC(O)CNC(=O)c1cc(C)ccc1OC. The van der Waals surface area contributed by atoms with Crippen LogP contribution in [-0.4, -0.2) is 30.8 Å². The van der Waals surface area contributed by atoms with Crippen molar-refractivity contribution in [1.29, 1.82) is 0 Å². The van der Waals surface area contributed by atoms with Crippen LogP contribution in [0.5, 0.6) is 5.75 Å². The summed E-state index contributed by atoms with van der Waals surface area (Å²) in [6.45, 7) is 4.04. The Hall–Kier alpha value is -1.55. The van der Waals surface area contributed by atoms with E-state index in [1.54, 1.807) is 12.1 Å². The van der Waals surface area contributed by atoms with E-state index in [0.717, 1.165) is 5.56 Å². The molecule has 1 unspecified atom stereocenters. The first-order valence-corrected chi connectivity index (χ1v) is 5.69. The largest absolute Gasteiger partial charge is 0.496 e. The van der Waals surface area contributed by atoms with Gasteiger partial charge in [0.2, 0.25) is 0 Å². The summed E-state index contributed by atoms with van der Waals surface area (Å²) in [7, 11) is 1.53. The Bertz CT molecular complexity index is 390. The Morgan fingerprint density at radius 1 is 1.53 bits per heavy atom. The second kappa shape index (κ2) is 6.25. The van der Waals surface area contributed by atoms with Gasteiger partial charge in [0.05, 0.1) is 18.8 Å². The predicted molar refractivity (Wildman–Crippen MR) is 66.4 cm³/mol. The van der Waals surface area contributed by atoms with Gasteiger partial charge >= 0.3 is 0 Å². The van der Waals surface area contributed by atoms with Crippen molar-refractivity contribution in [3.8, 4) is 5.75 Å². The van der Waals surface area contributed by atoms with Crippen molar-refractivity contribution < 1.29 is 14.6 Å². The molecule has 0 spiro atoms. The summed E-state index contributed by atoms with van der Waals surface area (Å²) in [6, 6.07) is 5.42. The molecular weight excluding hydrogens is 218 g/mol. The highest BCUT2D eigenvalue weighted by Gasteiger charge is 2.13. The first kappa shape index (κ1) is 13.5. The number of aryl methyl sites for hydroxylation is 1. The highest BCUT2D eigenvalue weighted by Crippen LogP contribution is 2.19. The number of methoxy groups -OCH3 is 1. The summed E-state index contributed by atoms with van der Waals surface area (Å²) in [4.78, 5) is 11.9. The zero-order valence-corrected chi connectivity index (χ0v) is 10.5. The van der Waals surface area contributed by atoms with Gasteiger partial charge in [-0.25, -0.2) is 0 Å². The van der Waals surface area contributed by atoms with Crippen molar-refractivity contribution in [2.75, 3.05) is 13.7 Å². The number of aliphatic hydroxyl groups excluding tert-OH is 1. The maximum absolute atomic E-state index is 11.9. The van der Waals surface area contributed by atoms with Crippen LogP contribution in [-0.2, 0) is 0 Å². The number of carbonyl (C=O) groups excluding carboxylic acids is 1. The van der Waals surface area contributed by atoms with E-state index in [9.17, 15) is 9.90 Å². The summed E-state index contributed by atoms with van der Waals surface area (Å²) in [6.07, 6.45) is 0.111. The van der Waals surface area contributed by atoms with Gasteiger partial charge < -0.3 is 15.2 Å². The minimum atomic E-state index is -0.505. The second-order valence-electron chi connectivity index (χ2n) is 3.98. The van der Waals surface area contributed by atoms with Gasteiger partial charge in [-0.2, -0.15) is 0 Å². The molecule has 0 saturated carbocycles. The lowest BCUT2D eigenvalue weighted by Gasteiger charge is -2.12. The Morgan fingerprint density at radius 2 is 2.24 bits per heavy atom. The highest BCUT2D eigenvalue weighted by atomic mass is 16.5. The number of ether oxygens (including phenoxy) is 1. The summed E-state index contributed by atoms with van der Waals surface area (Å²) in [5.41, 5.74) is 1.49. The molecule has 0 aromatic heterocycles. The molecule has 1 amide bonds. The highest BCUT2D eigenvalue weighted by molar-refractivity contribution is 5.97. The fraction of sp³-hybridized carbons (Fsp3) is 0.462. The van der Waals surface area contributed by atoms with E-state index in [4.69, 9.17) is 4.74 Å². The van der Waals surface area contributed by atoms with E-state index in [1.807, 2.05) is 19.9 Å². The standard InChI is InChI=1S/C13H19NO3/c1-4-10(15)8-14-13(16)11-7-9(2)5-6-12(11)17-3/h5-7,10,15H,4,8H2,1-3H3,(H,14,16). The van der Waals surface area contributed by atoms with Crippen molar-refractivity contribution in [1.82, 2.24) is 5.32 Å². The molecule has 0 bridgehead atoms. The molecule has 0 aliphatic heterocycles. The number of aliphatic hydroxyl groups is 1. The smallest absolute Gasteiger partial charge is 0.255 e. The zero-order valence-electron chi connectivity index (χ0n) is 10.5. The third kappa shape index (κ3) is 3.75. The lowest BCUT2D eigenvalue weighted by atomic mass is 10.1. The van der Waals surface area contributed by atoms with Crippen LogP contribution < -0.4 is 10.1 Å². The molecule has 1 rings (SSSR count). The topological polar surface area (TPSA) is 58.6 Å². The summed E-state index contributed by atoms with van der Waals surface area (Å²) in [5, 5.41) is 12.1. The van der Waals surface area contributed by atoms with E-state index < -0.39 is 6.10 Å².